The smallest absolute Gasteiger partial charge is 0.222 e. The van der Waals surface area contributed by atoms with E-state index in [1.807, 2.05) is 12.1 Å². The number of amides is 1. The van der Waals surface area contributed by atoms with Crippen LogP contribution < -0.4 is 5.32 Å². The van der Waals surface area contributed by atoms with Crippen molar-refractivity contribution in [1.82, 2.24) is 5.32 Å². The molecule has 1 spiro atoms. The predicted molar refractivity (Wildman–Crippen MR) is 106 cm³/mol. The van der Waals surface area contributed by atoms with Gasteiger partial charge in [-0.2, -0.15) is 0 Å². The van der Waals surface area contributed by atoms with Gasteiger partial charge in [-0.05, 0) is 59.6 Å². The molecule has 2 saturated carbocycles. The highest BCUT2D eigenvalue weighted by molar-refractivity contribution is 6.30. The molecular formula is C22H30ClNO3. The Labute approximate surface area is 166 Å². The average Bonchev–Trinajstić information content (AvgIpc) is 3.13. The maximum Gasteiger partial charge on any atom is 0.222 e. The number of hydrogen-bond acceptors (Lipinski definition) is 3. The number of benzene rings is 1. The van der Waals surface area contributed by atoms with Gasteiger partial charge in [-0.3, -0.25) is 4.79 Å². The first-order chi connectivity index (χ1) is 12.9. The Kier molecular flexibility index (Phi) is 5.02. The molecule has 4 nitrogen and oxygen atoms in total. The molecular weight excluding hydrogens is 362 g/mol. The lowest BCUT2D eigenvalue weighted by Gasteiger charge is -2.53. The van der Waals surface area contributed by atoms with Gasteiger partial charge >= 0.3 is 0 Å². The summed E-state index contributed by atoms with van der Waals surface area (Å²) >= 11 is 6.08. The minimum atomic E-state index is 0.0930. The second-order valence-electron chi connectivity index (χ2n) is 9.13. The summed E-state index contributed by atoms with van der Waals surface area (Å²) in [7, 11) is 1.64. The largest absolute Gasteiger partial charge is 0.384 e. The molecule has 3 fully saturated rings. The summed E-state index contributed by atoms with van der Waals surface area (Å²) in [6.45, 7) is 5.87. The van der Waals surface area contributed by atoms with E-state index < -0.39 is 0 Å². The zero-order valence-electron chi connectivity index (χ0n) is 16.5. The summed E-state index contributed by atoms with van der Waals surface area (Å²) in [6, 6.07) is 8.27. The van der Waals surface area contributed by atoms with Gasteiger partial charge in [0.15, 0.2) is 0 Å². The topological polar surface area (TPSA) is 47.6 Å². The van der Waals surface area contributed by atoms with Crippen molar-refractivity contribution >= 4 is 17.5 Å². The maximum absolute atomic E-state index is 12.5. The molecule has 0 unspecified atom stereocenters. The molecule has 1 N–H and O–H groups in total. The normalized spacial score (nSPS) is 36.4. The molecule has 1 aliphatic heterocycles. The Hall–Kier alpha value is -1.10. The van der Waals surface area contributed by atoms with Crippen molar-refractivity contribution in [3.8, 4) is 0 Å². The minimum Gasteiger partial charge on any atom is -0.384 e. The van der Waals surface area contributed by atoms with Gasteiger partial charge in [-0.1, -0.05) is 37.6 Å². The molecule has 4 rings (SSSR count). The van der Waals surface area contributed by atoms with Crippen LogP contribution in [0.2, 0.25) is 5.02 Å². The van der Waals surface area contributed by atoms with Gasteiger partial charge in [0.2, 0.25) is 5.91 Å². The third-order valence-electron chi connectivity index (χ3n) is 7.54. The molecule has 0 aromatic heterocycles. The van der Waals surface area contributed by atoms with Gasteiger partial charge in [0, 0.05) is 31.2 Å². The molecule has 27 heavy (non-hydrogen) atoms. The van der Waals surface area contributed by atoms with Crippen molar-refractivity contribution in [1.29, 1.82) is 0 Å². The van der Waals surface area contributed by atoms with E-state index in [1.165, 1.54) is 18.4 Å². The number of ether oxygens (including phenoxy) is 2. The molecule has 1 heterocycles. The summed E-state index contributed by atoms with van der Waals surface area (Å²) < 4.78 is 11.4. The lowest BCUT2D eigenvalue weighted by atomic mass is 9.59. The van der Waals surface area contributed by atoms with Crippen LogP contribution in [0, 0.1) is 22.7 Å². The van der Waals surface area contributed by atoms with Crippen molar-refractivity contribution in [2.45, 2.75) is 51.7 Å². The maximum atomic E-state index is 12.5. The van der Waals surface area contributed by atoms with Crippen molar-refractivity contribution < 1.29 is 14.3 Å². The summed E-state index contributed by atoms with van der Waals surface area (Å²) in [5.41, 5.74) is 1.44. The summed E-state index contributed by atoms with van der Waals surface area (Å²) in [4.78, 5) is 12.5. The van der Waals surface area contributed by atoms with Crippen molar-refractivity contribution in [2.24, 2.45) is 22.7 Å². The third kappa shape index (κ3) is 3.10. The van der Waals surface area contributed by atoms with Gasteiger partial charge in [-0.25, -0.2) is 0 Å². The van der Waals surface area contributed by atoms with Gasteiger partial charge in [0.1, 0.15) is 0 Å². The van der Waals surface area contributed by atoms with Crippen LogP contribution >= 0.6 is 11.6 Å². The van der Waals surface area contributed by atoms with Crippen molar-refractivity contribution in [2.75, 3.05) is 20.3 Å². The summed E-state index contributed by atoms with van der Waals surface area (Å²) in [5.74, 6) is 1.16. The van der Waals surface area contributed by atoms with Crippen LogP contribution in [0.5, 0.6) is 0 Å². The highest BCUT2D eigenvalue weighted by atomic mass is 35.5. The number of hydrogen-bond donors (Lipinski definition) is 1. The molecule has 2 aliphatic carbocycles. The fourth-order valence-corrected chi connectivity index (χ4v) is 6.32. The Morgan fingerprint density at radius 1 is 1.33 bits per heavy atom. The van der Waals surface area contributed by atoms with E-state index in [0.717, 1.165) is 18.1 Å². The van der Waals surface area contributed by atoms with Crippen molar-refractivity contribution in [3.05, 3.63) is 34.9 Å². The molecule has 1 saturated heterocycles. The first-order valence-corrected chi connectivity index (χ1v) is 10.4. The van der Waals surface area contributed by atoms with E-state index >= 15 is 0 Å². The highest BCUT2D eigenvalue weighted by Crippen LogP contribution is 2.70. The fraction of sp³-hybridized carbons (Fsp3) is 0.682. The number of rotatable bonds is 5. The molecule has 3 aliphatic rings. The molecule has 148 valence electrons. The second kappa shape index (κ2) is 7.06. The molecule has 2 bridgehead atoms. The number of nitrogens with one attached hydrogen (secondary N) is 1. The van der Waals surface area contributed by atoms with E-state index in [9.17, 15) is 4.79 Å². The zero-order chi connectivity index (χ0) is 19.2. The van der Waals surface area contributed by atoms with Gasteiger partial charge in [-0.15, -0.1) is 0 Å². The Balaban J connectivity index is 1.62. The van der Waals surface area contributed by atoms with Crippen LogP contribution in [0.15, 0.2) is 24.3 Å². The number of fused-ring (bicyclic) bond motifs is 1. The monoisotopic (exact) mass is 391 g/mol. The quantitative estimate of drug-likeness (QED) is 0.810. The molecule has 1 amide bonds. The highest BCUT2D eigenvalue weighted by Gasteiger charge is 2.68. The van der Waals surface area contributed by atoms with Gasteiger partial charge < -0.3 is 14.8 Å². The number of halogens is 1. The van der Waals surface area contributed by atoms with E-state index in [1.54, 1.807) is 7.11 Å². The van der Waals surface area contributed by atoms with Gasteiger partial charge in [0.25, 0.3) is 0 Å². The standard InChI is InChI=1S/C22H30ClNO3/c1-21(2)15-12-17-19(14-4-6-16(23)7-5-14)27-11-9-22(17,13-15)20(21)24-18(25)8-10-26-3/h4-7,15,17,19-20H,8-13H2,1-3H3,(H,24,25)/t15-,17-,19-,20+,22-/m1/s1. The van der Waals surface area contributed by atoms with E-state index in [-0.39, 0.29) is 28.9 Å². The SMILES string of the molecule is COCCC(=O)N[C@H]1C(C)(C)[C@@H]2C[C@@H]3[C@@H](c4ccc(Cl)cc4)OCC[C@@]31C2. The fourth-order valence-electron chi connectivity index (χ4n) is 6.20. The molecule has 1 aromatic carbocycles. The average molecular weight is 392 g/mol. The van der Waals surface area contributed by atoms with Crippen LogP contribution in [0.3, 0.4) is 0 Å². The molecule has 5 atom stereocenters. The second-order valence-corrected chi connectivity index (χ2v) is 9.57. The first kappa shape index (κ1) is 19.2. The summed E-state index contributed by atoms with van der Waals surface area (Å²) in [6.07, 6.45) is 3.90. The Morgan fingerprint density at radius 2 is 2.07 bits per heavy atom. The van der Waals surface area contributed by atoms with E-state index in [4.69, 9.17) is 21.1 Å². The van der Waals surface area contributed by atoms with Crippen LogP contribution in [-0.2, 0) is 14.3 Å². The predicted octanol–water partition coefficient (Wildman–Crippen LogP) is 4.38. The molecule has 0 radical (unpaired) electrons. The third-order valence-corrected chi connectivity index (χ3v) is 7.79. The van der Waals surface area contributed by atoms with Gasteiger partial charge in [0.05, 0.1) is 12.7 Å². The zero-order valence-corrected chi connectivity index (χ0v) is 17.2. The van der Waals surface area contributed by atoms with Crippen LogP contribution in [0.4, 0.5) is 0 Å². The van der Waals surface area contributed by atoms with E-state index in [2.05, 4.69) is 31.3 Å². The minimum absolute atomic E-state index is 0.0930. The Morgan fingerprint density at radius 3 is 2.78 bits per heavy atom. The van der Waals surface area contributed by atoms with E-state index in [0.29, 0.717) is 24.9 Å². The van der Waals surface area contributed by atoms with Crippen LogP contribution in [0.1, 0.15) is 51.2 Å². The number of methoxy groups -OCH3 is 1. The molecule has 5 heteroatoms. The first-order valence-electron chi connectivity index (χ1n) is 10.0. The lowest BCUT2D eigenvalue weighted by molar-refractivity contribution is -0.137. The Bertz CT molecular complexity index is 704. The lowest BCUT2D eigenvalue weighted by Crippen LogP contribution is -2.59. The number of carbonyl (C=O) groups excluding carboxylic acids is 1. The summed E-state index contributed by atoms with van der Waals surface area (Å²) in [5, 5.41) is 4.16. The van der Waals surface area contributed by atoms with Crippen LogP contribution in [0.25, 0.3) is 0 Å². The van der Waals surface area contributed by atoms with Crippen LogP contribution in [-0.4, -0.2) is 32.3 Å². The number of carbonyl (C=O) groups is 1. The van der Waals surface area contributed by atoms with Crippen molar-refractivity contribution in [3.63, 3.8) is 0 Å². The molecule has 1 aromatic rings.